The highest BCUT2D eigenvalue weighted by Gasteiger charge is 2.03. The molecule has 5 heteroatoms. The van der Waals surface area contributed by atoms with Gasteiger partial charge in [0.15, 0.2) is 0 Å². The topological polar surface area (TPSA) is 58.4 Å². The van der Waals surface area contributed by atoms with Crippen LogP contribution in [0, 0.1) is 0 Å². The Morgan fingerprint density at radius 3 is 2.64 bits per heavy atom. The number of amides is 2. The molecule has 0 atom stereocenters. The van der Waals surface area contributed by atoms with E-state index >= 15 is 0 Å². The lowest BCUT2D eigenvalue weighted by Gasteiger charge is -2.02. The number of benzene rings is 2. The molecule has 2 aromatic carbocycles. The third-order valence-corrected chi connectivity index (χ3v) is 3.33. The Bertz CT molecular complexity index is 821. The summed E-state index contributed by atoms with van der Waals surface area (Å²) in [6.45, 7) is 0. The van der Waals surface area contributed by atoms with Crippen molar-refractivity contribution in [2.75, 3.05) is 5.32 Å². The summed E-state index contributed by atoms with van der Waals surface area (Å²) < 4.78 is 2.03. The van der Waals surface area contributed by atoms with Gasteiger partial charge in [-0.25, -0.2) is 10.2 Å². The highest BCUT2D eigenvalue weighted by molar-refractivity contribution is 6.00. The number of para-hydroxylation sites is 2. The standard InChI is InChI=1S/C17H16N4O/c1-21-12-13(15-9-5-6-10-16(15)21)11-18-20-17(22)19-14-7-3-2-4-8-14/h2-12H,1H3,(H2,19,20,22)/b18-11+. The van der Waals surface area contributed by atoms with Crippen molar-refractivity contribution >= 4 is 28.8 Å². The summed E-state index contributed by atoms with van der Waals surface area (Å²) in [5.41, 5.74) is 5.27. The van der Waals surface area contributed by atoms with Crippen LogP contribution in [0.15, 0.2) is 65.9 Å². The zero-order chi connectivity index (χ0) is 15.4. The van der Waals surface area contributed by atoms with Gasteiger partial charge in [-0.1, -0.05) is 36.4 Å². The summed E-state index contributed by atoms with van der Waals surface area (Å²) in [6.07, 6.45) is 3.62. The quantitative estimate of drug-likeness (QED) is 0.564. The van der Waals surface area contributed by atoms with Gasteiger partial charge in [0.1, 0.15) is 0 Å². The van der Waals surface area contributed by atoms with Gasteiger partial charge in [0.2, 0.25) is 0 Å². The van der Waals surface area contributed by atoms with E-state index in [1.165, 1.54) is 0 Å². The summed E-state index contributed by atoms with van der Waals surface area (Å²) in [5.74, 6) is 0. The zero-order valence-corrected chi connectivity index (χ0v) is 12.2. The second kappa shape index (κ2) is 6.13. The van der Waals surface area contributed by atoms with Gasteiger partial charge >= 0.3 is 6.03 Å². The van der Waals surface area contributed by atoms with Gasteiger partial charge in [-0.2, -0.15) is 5.10 Å². The Morgan fingerprint density at radius 2 is 1.82 bits per heavy atom. The maximum absolute atomic E-state index is 11.7. The molecule has 1 aromatic heterocycles. The number of aryl methyl sites for hydroxylation is 1. The highest BCUT2D eigenvalue weighted by atomic mass is 16.2. The first-order valence-electron chi connectivity index (χ1n) is 6.93. The van der Waals surface area contributed by atoms with Crippen LogP contribution in [0.25, 0.3) is 10.9 Å². The van der Waals surface area contributed by atoms with E-state index < -0.39 is 0 Å². The van der Waals surface area contributed by atoms with E-state index in [1.807, 2.05) is 72.4 Å². The minimum Gasteiger partial charge on any atom is -0.350 e. The van der Waals surface area contributed by atoms with Crippen LogP contribution >= 0.6 is 0 Å². The fourth-order valence-electron chi connectivity index (χ4n) is 2.32. The lowest BCUT2D eigenvalue weighted by molar-refractivity contribution is 0.252. The van der Waals surface area contributed by atoms with Crippen LogP contribution in [0.3, 0.4) is 0 Å². The number of hydrogen-bond donors (Lipinski definition) is 2. The number of carbonyl (C=O) groups excluding carboxylic acids is 1. The number of carbonyl (C=O) groups is 1. The van der Waals surface area contributed by atoms with Gasteiger partial charge in [-0.05, 0) is 18.2 Å². The van der Waals surface area contributed by atoms with Gasteiger partial charge < -0.3 is 9.88 Å². The van der Waals surface area contributed by atoms with Gasteiger partial charge in [-0.15, -0.1) is 0 Å². The third kappa shape index (κ3) is 2.98. The summed E-state index contributed by atoms with van der Waals surface area (Å²) in [7, 11) is 1.98. The molecule has 0 saturated carbocycles. The molecule has 3 rings (SSSR count). The predicted molar refractivity (Wildman–Crippen MR) is 89.1 cm³/mol. The van der Waals surface area contributed by atoms with Crippen LogP contribution in [0.2, 0.25) is 0 Å². The summed E-state index contributed by atoms with van der Waals surface area (Å²) in [5, 5.41) is 7.80. The molecule has 5 nitrogen and oxygen atoms in total. The molecule has 0 radical (unpaired) electrons. The fourth-order valence-corrected chi connectivity index (χ4v) is 2.32. The molecule has 0 aliphatic heterocycles. The lowest BCUT2D eigenvalue weighted by Crippen LogP contribution is -2.24. The van der Waals surface area contributed by atoms with E-state index in [1.54, 1.807) is 6.21 Å². The van der Waals surface area contributed by atoms with Crippen LogP contribution in [0.4, 0.5) is 10.5 Å². The summed E-state index contributed by atoms with van der Waals surface area (Å²) >= 11 is 0. The Morgan fingerprint density at radius 1 is 1.09 bits per heavy atom. The number of fused-ring (bicyclic) bond motifs is 1. The normalized spacial score (nSPS) is 11.0. The molecular weight excluding hydrogens is 276 g/mol. The molecule has 0 bridgehead atoms. The largest absolute Gasteiger partial charge is 0.350 e. The molecular formula is C17H16N4O. The Balaban J connectivity index is 1.67. The van der Waals surface area contributed by atoms with E-state index in [0.29, 0.717) is 0 Å². The van der Waals surface area contributed by atoms with Crippen LogP contribution in [-0.4, -0.2) is 16.8 Å². The van der Waals surface area contributed by atoms with Crippen LogP contribution in [0.5, 0.6) is 0 Å². The average Bonchev–Trinajstić information content (AvgIpc) is 2.85. The lowest BCUT2D eigenvalue weighted by atomic mass is 10.2. The van der Waals surface area contributed by atoms with Crippen molar-refractivity contribution in [2.45, 2.75) is 0 Å². The first kappa shape index (κ1) is 13.9. The van der Waals surface area contributed by atoms with E-state index in [4.69, 9.17) is 0 Å². The molecule has 0 fully saturated rings. The number of hydrazone groups is 1. The number of hydrogen-bond acceptors (Lipinski definition) is 2. The van der Waals surface area contributed by atoms with Crippen molar-refractivity contribution in [1.29, 1.82) is 0 Å². The molecule has 0 unspecified atom stereocenters. The second-order valence-electron chi connectivity index (χ2n) is 4.90. The number of rotatable bonds is 3. The van der Waals surface area contributed by atoms with E-state index in [2.05, 4.69) is 15.8 Å². The molecule has 0 spiro atoms. The number of aromatic nitrogens is 1. The number of nitrogens with zero attached hydrogens (tertiary/aromatic N) is 2. The van der Waals surface area contributed by atoms with Crippen molar-refractivity contribution in [3.8, 4) is 0 Å². The fraction of sp³-hybridized carbons (Fsp3) is 0.0588. The van der Waals surface area contributed by atoms with Gasteiger partial charge in [0.25, 0.3) is 0 Å². The van der Waals surface area contributed by atoms with Crippen LogP contribution < -0.4 is 10.7 Å². The summed E-state index contributed by atoms with van der Waals surface area (Å²) in [6, 6.07) is 16.9. The molecule has 110 valence electrons. The first-order valence-corrected chi connectivity index (χ1v) is 6.93. The molecule has 1 heterocycles. The first-order chi connectivity index (χ1) is 10.7. The van der Waals surface area contributed by atoms with Gasteiger partial charge in [0, 0.05) is 35.4 Å². The number of nitrogens with one attached hydrogen (secondary N) is 2. The third-order valence-electron chi connectivity index (χ3n) is 3.33. The van der Waals surface area contributed by atoms with Crippen molar-refractivity contribution in [3.63, 3.8) is 0 Å². The SMILES string of the molecule is Cn1cc(/C=N/NC(=O)Nc2ccccc2)c2ccccc21. The number of urea groups is 1. The van der Waals surface area contributed by atoms with Crippen molar-refractivity contribution in [1.82, 2.24) is 9.99 Å². The molecule has 0 aliphatic carbocycles. The Labute approximate surface area is 128 Å². The minimum absolute atomic E-state index is 0.373. The van der Waals surface area contributed by atoms with Gasteiger partial charge in [0.05, 0.1) is 6.21 Å². The average molecular weight is 292 g/mol. The molecule has 22 heavy (non-hydrogen) atoms. The van der Waals surface area contributed by atoms with Crippen LogP contribution in [-0.2, 0) is 7.05 Å². The van der Waals surface area contributed by atoms with E-state index in [9.17, 15) is 4.79 Å². The Kier molecular flexibility index (Phi) is 3.87. The van der Waals surface area contributed by atoms with Crippen molar-refractivity contribution < 1.29 is 4.79 Å². The molecule has 0 aliphatic rings. The minimum atomic E-state index is -0.373. The van der Waals surface area contributed by atoms with E-state index in [-0.39, 0.29) is 6.03 Å². The van der Waals surface area contributed by atoms with Crippen molar-refractivity contribution in [3.05, 3.63) is 66.4 Å². The molecule has 2 N–H and O–H groups in total. The molecule has 0 saturated heterocycles. The predicted octanol–water partition coefficient (Wildman–Crippen LogP) is 3.33. The number of anilines is 1. The zero-order valence-electron chi connectivity index (χ0n) is 12.2. The van der Waals surface area contributed by atoms with Gasteiger partial charge in [-0.3, -0.25) is 0 Å². The highest BCUT2D eigenvalue weighted by Crippen LogP contribution is 2.18. The second-order valence-corrected chi connectivity index (χ2v) is 4.90. The van der Waals surface area contributed by atoms with E-state index in [0.717, 1.165) is 22.2 Å². The Hall–Kier alpha value is -3.08. The molecule has 2 amide bonds. The van der Waals surface area contributed by atoms with Crippen LogP contribution in [0.1, 0.15) is 5.56 Å². The maximum Gasteiger partial charge on any atom is 0.339 e. The smallest absolute Gasteiger partial charge is 0.339 e. The van der Waals surface area contributed by atoms with Crippen molar-refractivity contribution in [2.24, 2.45) is 12.1 Å². The molecule has 3 aromatic rings. The maximum atomic E-state index is 11.7. The monoisotopic (exact) mass is 292 g/mol. The summed E-state index contributed by atoms with van der Waals surface area (Å²) in [4.78, 5) is 11.7.